The van der Waals surface area contributed by atoms with E-state index in [0.717, 1.165) is 24.9 Å². The summed E-state index contributed by atoms with van der Waals surface area (Å²) in [7, 11) is 0. The molecule has 3 nitrogen and oxygen atoms in total. The molecule has 0 aromatic heterocycles. The molecular formula is C14H19NO2. The summed E-state index contributed by atoms with van der Waals surface area (Å²) in [5.41, 5.74) is 0. The molecule has 3 rings (SSSR count). The zero-order valence-corrected chi connectivity index (χ0v) is 10.0. The van der Waals surface area contributed by atoms with E-state index < -0.39 is 5.79 Å². The van der Waals surface area contributed by atoms with E-state index in [1.807, 2.05) is 30.3 Å². The number of hydrogen-bond donors (Lipinski definition) is 1. The Labute approximate surface area is 102 Å². The Bertz CT molecular complexity index is 367. The van der Waals surface area contributed by atoms with Crippen LogP contribution in [0.3, 0.4) is 0 Å². The first kappa shape index (κ1) is 11.1. The smallest absolute Gasteiger partial charge is 0.210 e. The molecule has 1 aliphatic heterocycles. The third-order valence-electron chi connectivity index (χ3n) is 3.69. The van der Waals surface area contributed by atoms with Gasteiger partial charge in [-0.2, -0.15) is 0 Å². The van der Waals surface area contributed by atoms with Crippen molar-refractivity contribution >= 4 is 0 Å². The summed E-state index contributed by atoms with van der Waals surface area (Å²) in [6, 6.07) is 10.4. The summed E-state index contributed by atoms with van der Waals surface area (Å²) >= 11 is 0. The summed E-state index contributed by atoms with van der Waals surface area (Å²) in [5, 5.41) is 10.4. The Morgan fingerprint density at radius 2 is 1.76 bits per heavy atom. The van der Waals surface area contributed by atoms with Gasteiger partial charge in [0.25, 0.3) is 0 Å². The van der Waals surface area contributed by atoms with E-state index in [1.165, 1.54) is 12.8 Å². The minimum Gasteiger partial charge on any atom is -0.462 e. The Morgan fingerprint density at radius 1 is 1.12 bits per heavy atom. The van der Waals surface area contributed by atoms with Crippen LogP contribution in [0.15, 0.2) is 30.3 Å². The quantitative estimate of drug-likeness (QED) is 0.811. The summed E-state index contributed by atoms with van der Waals surface area (Å²) < 4.78 is 5.72. The summed E-state index contributed by atoms with van der Waals surface area (Å²) in [4.78, 5) is 2.48. The first-order valence-corrected chi connectivity index (χ1v) is 6.46. The number of nitrogens with zero attached hydrogens (tertiary/aromatic N) is 1. The van der Waals surface area contributed by atoms with Crippen LogP contribution in [0.25, 0.3) is 0 Å². The van der Waals surface area contributed by atoms with E-state index in [0.29, 0.717) is 12.8 Å². The number of rotatable bonds is 3. The minimum atomic E-state index is -0.966. The molecule has 92 valence electrons. The third kappa shape index (κ3) is 2.61. The van der Waals surface area contributed by atoms with Gasteiger partial charge in [-0.15, -0.1) is 0 Å². The lowest BCUT2D eigenvalue weighted by Gasteiger charge is -2.38. The Balaban J connectivity index is 1.59. The predicted octanol–water partition coefficient (Wildman–Crippen LogP) is 2.01. The normalized spacial score (nSPS) is 24.5. The van der Waals surface area contributed by atoms with Crippen molar-refractivity contribution in [1.29, 1.82) is 0 Å². The first-order chi connectivity index (χ1) is 8.25. The van der Waals surface area contributed by atoms with Crippen LogP contribution >= 0.6 is 0 Å². The fourth-order valence-corrected chi connectivity index (χ4v) is 2.49. The maximum Gasteiger partial charge on any atom is 0.210 e. The van der Waals surface area contributed by atoms with Crippen molar-refractivity contribution < 1.29 is 9.84 Å². The van der Waals surface area contributed by atoms with Crippen LogP contribution in [0.4, 0.5) is 0 Å². The molecule has 1 heterocycles. The molecule has 2 fully saturated rings. The molecule has 1 N–H and O–H groups in total. The molecule has 0 radical (unpaired) electrons. The number of ether oxygens (including phenoxy) is 1. The lowest BCUT2D eigenvalue weighted by molar-refractivity contribution is -0.169. The van der Waals surface area contributed by atoms with Crippen molar-refractivity contribution in [3.8, 4) is 5.75 Å². The van der Waals surface area contributed by atoms with E-state index in [1.54, 1.807) is 0 Å². The Kier molecular flexibility index (Phi) is 2.81. The average molecular weight is 233 g/mol. The van der Waals surface area contributed by atoms with Crippen LogP contribution in [-0.4, -0.2) is 34.9 Å². The van der Waals surface area contributed by atoms with Gasteiger partial charge < -0.3 is 9.84 Å². The van der Waals surface area contributed by atoms with E-state index in [-0.39, 0.29) is 0 Å². The van der Waals surface area contributed by atoms with E-state index in [4.69, 9.17) is 4.74 Å². The van der Waals surface area contributed by atoms with Crippen LogP contribution < -0.4 is 4.74 Å². The summed E-state index contributed by atoms with van der Waals surface area (Å²) in [6.45, 7) is 1.90. The highest BCUT2D eigenvalue weighted by Gasteiger charge is 2.39. The molecule has 17 heavy (non-hydrogen) atoms. The van der Waals surface area contributed by atoms with Crippen LogP contribution in [0.5, 0.6) is 5.75 Å². The van der Waals surface area contributed by atoms with Gasteiger partial charge >= 0.3 is 0 Å². The van der Waals surface area contributed by atoms with Gasteiger partial charge in [0.1, 0.15) is 5.75 Å². The molecule has 0 amide bonds. The fraction of sp³-hybridized carbons (Fsp3) is 0.571. The molecule has 3 heteroatoms. The van der Waals surface area contributed by atoms with Crippen molar-refractivity contribution in [3.63, 3.8) is 0 Å². The third-order valence-corrected chi connectivity index (χ3v) is 3.69. The average Bonchev–Trinajstić information content (AvgIpc) is 3.15. The molecule has 1 saturated carbocycles. The van der Waals surface area contributed by atoms with Gasteiger partial charge in [0.15, 0.2) is 0 Å². The van der Waals surface area contributed by atoms with Crippen LogP contribution in [-0.2, 0) is 0 Å². The van der Waals surface area contributed by atoms with Gasteiger partial charge in [-0.3, -0.25) is 4.90 Å². The van der Waals surface area contributed by atoms with Gasteiger partial charge in [0, 0.05) is 32.0 Å². The summed E-state index contributed by atoms with van der Waals surface area (Å²) in [5.74, 6) is -0.206. The van der Waals surface area contributed by atoms with Crippen LogP contribution in [0.2, 0.25) is 0 Å². The highest BCUT2D eigenvalue weighted by Crippen LogP contribution is 2.33. The molecule has 1 aromatic carbocycles. The van der Waals surface area contributed by atoms with Crippen molar-refractivity contribution in [2.24, 2.45) is 0 Å². The molecule has 1 aromatic rings. The molecule has 1 saturated heterocycles. The Morgan fingerprint density at radius 3 is 2.35 bits per heavy atom. The zero-order chi connectivity index (χ0) is 11.7. The first-order valence-electron chi connectivity index (χ1n) is 6.46. The number of benzene rings is 1. The maximum atomic E-state index is 10.4. The largest absolute Gasteiger partial charge is 0.462 e. The minimum absolute atomic E-state index is 0.707. The maximum absolute atomic E-state index is 10.4. The van der Waals surface area contributed by atoms with Gasteiger partial charge in [-0.05, 0) is 25.0 Å². The number of para-hydroxylation sites is 1. The predicted molar refractivity (Wildman–Crippen MR) is 65.8 cm³/mol. The van der Waals surface area contributed by atoms with Crippen molar-refractivity contribution in [2.75, 3.05) is 13.1 Å². The van der Waals surface area contributed by atoms with Gasteiger partial charge in [-0.25, -0.2) is 0 Å². The number of aliphatic hydroxyl groups is 1. The van der Waals surface area contributed by atoms with Crippen LogP contribution in [0, 0.1) is 0 Å². The van der Waals surface area contributed by atoms with E-state index >= 15 is 0 Å². The molecule has 0 spiro atoms. The second-order valence-corrected chi connectivity index (χ2v) is 5.13. The zero-order valence-electron chi connectivity index (χ0n) is 10.0. The summed E-state index contributed by atoms with van der Waals surface area (Å²) in [6.07, 6.45) is 4.08. The molecule has 1 aliphatic carbocycles. The van der Waals surface area contributed by atoms with Gasteiger partial charge in [-0.1, -0.05) is 18.2 Å². The monoisotopic (exact) mass is 233 g/mol. The van der Waals surface area contributed by atoms with Gasteiger partial charge in [0.2, 0.25) is 5.79 Å². The topological polar surface area (TPSA) is 32.7 Å². The lowest BCUT2D eigenvalue weighted by Crippen LogP contribution is -2.48. The Hall–Kier alpha value is -1.06. The fourth-order valence-electron chi connectivity index (χ4n) is 2.49. The number of hydrogen-bond acceptors (Lipinski definition) is 3. The second kappa shape index (κ2) is 4.31. The van der Waals surface area contributed by atoms with Crippen molar-refractivity contribution in [1.82, 2.24) is 4.90 Å². The number of piperidine rings is 1. The number of likely N-dealkylation sites (tertiary alicyclic amines) is 1. The highest BCUT2D eigenvalue weighted by molar-refractivity contribution is 5.21. The second-order valence-electron chi connectivity index (χ2n) is 5.13. The van der Waals surface area contributed by atoms with Gasteiger partial charge in [0.05, 0.1) is 0 Å². The SMILES string of the molecule is OC1(Oc2ccccc2)CCN(C2CC2)CC1. The van der Waals surface area contributed by atoms with Crippen LogP contribution in [0.1, 0.15) is 25.7 Å². The molecule has 2 aliphatic rings. The lowest BCUT2D eigenvalue weighted by atomic mass is 10.0. The highest BCUT2D eigenvalue weighted by atomic mass is 16.6. The standard InChI is InChI=1S/C14H19NO2/c16-14(17-13-4-2-1-3-5-13)8-10-15(11-9-14)12-6-7-12/h1-5,12,16H,6-11H2. The molecule has 0 unspecified atom stereocenters. The van der Waals surface area contributed by atoms with Crippen molar-refractivity contribution in [3.05, 3.63) is 30.3 Å². The molecule has 0 atom stereocenters. The molecular weight excluding hydrogens is 214 g/mol. The van der Waals surface area contributed by atoms with E-state index in [9.17, 15) is 5.11 Å². The van der Waals surface area contributed by atoms with Crippen molar-refractivity contribution in [2.45, 2.75) is 37.5 Å². The molecule has 0 bridgehead atoms. The van der Waals surface area contributed by atoms with E-state index in [2.05, 4.69) is 4.90 Å².